The minimum atomic E-state index is 0.197. The molecule has 0 fully saturated rings. The number of hydrogen-bond acceptors (Lipinski definition) is 4. The maximum atomic E-state index is 6.01. The first-order valence-electron chi connectivity index (χ1n) is 7.42. The number of ether oxygens (including phenoxy) is 1. The second-order valence-corrected chi connectivity index (χ2v) is 5.72. The van der Waals surface area contributed by atoms with Crippen molar-refractivity contribution in [3.05, 3.63) is 71.5 Å². The summed E-state index contributed by atoms with van der Waals surface area (Å²) in [7, 11) is 0. The van der Waals surface area contributed by atoms with Gasteiger partial charge >= 0.3 is 0 Å². The van der Waals surface area contributed by atoms with Gasteiger partial charge < -0.3 is 4.74 Å². The Morgan fingerprint density at radius 1 is 0.958 bits per heavy atom. The van der Waals surface area contributed by atoms with Gasteiger partial charge in [-0.2, -0.15) is 4.52 Å². The van der Waals surface area contributed by atoms with Gasteiger partial charge in [-0.15, -0.1) is 15.3 Å². The number of halogens is 1. The van der Waals surface area contributed by atoms with Crippen LogP contribution in [0, 0.1) is 6.92 Å². The fourth-order valence-corrected chi connectivity index (χ4v) is 2.65. The van der Waals surface area contributed by atoms with Crippen LogP contribution in [0.25, 0.3) is 16.8 Å². The molecule has 0 aliphatic carbocycles. The van der Waals surface area contributed by atoms with Crippen LogP contribution in [0.1, 0.15) is 5.56 Å². The molecule has 118 valence electrons. The van der Waals surface area contributed by atoms with E-state index in [9.17, 15) is 0 Å². The van der Waals surface area contributed by atoms with Crippen molar-refractivity contribution in [2.75, 3.05) is 0 Å². The molecule has 0 unspecified atom stereocenters. The molecule has 0 atom stereocenters. The predicted octanol–water partition coefficient (Wildman–Crippen LogP) is 4.55. The summed E-state index contributed by atoms with van der Waals surface area (Å²) in [4.78, 5) is 0. The van der Waals surface area contributed by atoms with Crippen molar-refractivity contribution in [3.8, 4) is 22.8 Å². The van der Waals surface area contributed by atoms with Gasteiger partial charge in [0, 0.05) is 11.6 Å². The van der Waals surface area contributed by atoms with Crippen LogP contribution in [0.2, 0.25) is 5.28 Å². The third kappa shape index (κ3) is 2.70. The van der Waals surface area contributed by atoms with E-state index in [1.165, 1.54) is 4.52 Å². The number of aryl methyl sites for hydroxylation is 1. The van der Waals surface area contributed by atoms with Crippen LogP contribution in [0.15, 0.2) is 60.7 Å². The van der Waals surface area contributed by atoms with Gasteiger partial charge in [0.1, 0.15) is 5.75 Å². The Bertz CT molecular complexity index is 1010. The number of aromatic nitrogens is 4. The normalized spacial score (nSPS) is 10.9. The second-order valence-electron chi connectivity index (χ2n) is 5.38. The number of benzene rings is 2. The minimum absolute atomic E-state index is 0.197. The third-order valence-corrected chi connectivity index (χ3v) is 3.87. The van der Waals surface area contributed by atoms with E-state index in [0.29, 0.717) is 11.5 Å². The Morgan fingerprint density at radius 2 is 1.79 bits per heavy atom. The van der Waals surface area contributed by atoms with Crippen molar-refractivity contribution in [3.63, 3.8) is 0 Å². The van der Waals surface area contributed by atoms with Gasteiger partial charge in [-0.1, -0.05) is 42.0 Å². The molecule has 0 bridgehead atoms. The van der Waals surface area contributed by atoms with Crippen LogP contribution in [-0.4, -0.2) is 19.8 Å². The molecule has 0 saturated heterocycles. The second kappa shape index (κ2) is 5.94. The Morgan fingerprint density at radius 3 is 2.62 bits per heavy atom. The SMILES string of the molecule is Cc1ccc(Oc2ccc3nnc(Cl)n3n2)c(-c2ccccc2)c1. The summed E-state index contributed by atoms with van der Waals surface area (Å²) >= 11 is 5.97. The molecular formula is C18H13ClN4O. The van der Waals surface area contributed by atoms with E-state index in [2.05, 4.69) is 40.4 Å². The zero-order valence-corrected chi connectivity index (χ0v) is 13.6. The van der Waals surface area contributed by atoms with Crippen molar-refractivity contribution in [1.82, 2.24) is 19.8 Å². The maximum Gasteiger partial charge on any atom is 0.246 e. The maximum absolute atomic E-state index is 6.01. The highest BCUT2D eigenvalue weighted by Gasteiger charge is 2.10. The number of nitrogens with zero attached hydrogens (tertiary/aromatic N) is 4. The molecule has 4 rings (SSSR count). The van der Waals surface area contributed by atoms with Crippen molar-refractivity contribution in [1.29, 1.82) is 0 Å². The lowest BCUT2D eigenvalue weighted by Gasteiger charge is -2.12. The molecular weight excluding hydrogens is 324 g/mol. The fourth-order valence-electron chi connectivity index (χ4n) is 2.49. The average molecular weight is 337 g/mol. The van der Waals surface area contributed by atoms with Gasteiger partial charge in [0.25, 0.3) is 0 Å². The fraction of sp³-hybridized carbons (Fsp3) is 0.0556. The number of fused-ring (bicyclic) bond motifs is 1. The molecule has 4 aromatic rings. The molecule has 0 radical (unpaired) electrons. The molecule has 2 aromatic carbocycles. The van der Waals surface area contributed by atoms with Crippen molar-refractivity contribution < 1.29 is 4.74 Å². The Hall–Kier alpha value is -2.92. The van der Waals surface area contributed by atoms with Crippen LogP contribution >= 0.6 is 11.6 Å². The van der Waals surface area contributed by atoms with Gasteiger partial charge in [0.2, 0.25) is 11.2 Å². The van der Waals surface area contributed by atoms with Gasteiger partial charge in [-0.3, -0.25) is 0 Å². The predicted molar refractivity (Wildman–Crippen MR) is 92.5 cm³/mol. The molecule has 6 heteroatoms. The third-order valence-electron chi connectivity index (χ3n) is 3.63. The van der Waals surface area contributed by atoms with E-state index in [-0.39, 0.29) is 5.28 Å². The lowest BCUT2D eigenvalue weighted by atomic mass is 10.0. The van der Waals surface area contributed by atoms with Crippen molar-refractivity contribution in [2.45, 2.75) is 6.92 Å². The molecule has 0 N–H and O–H groups in total. The monoisotopic (exact) mass is 336 g/mol. The molecule has 0 aliphatic rings. The molecule has 0 spiro atoms. The van der Waals surface area contributed by atoms with E-state index < -0.39 is 0 Å². The number of rotatable bonds is 3. The van der Waals surface area contributed by atoms with Crippen LogP contribution in [-0.2, 0) is 0 Å². The molecule has 0 amide bonds. The molecule has 2 heterocycles. The molecule has 5 nitrogen and oxygen atoms in total. The lowest BCUT2D eigenvalue weighted by Crippen LogP contribution is -1.97. The minimum Gasteiger partial charge on any atom is -0.437 e. The zero-order chi connectivity index (χ0) is 16.5. The van der Waals surface area contributed by atoms with Crippen LogP contribution in [0.5, 0.6) is 11.6 Å². The lowest BCUT2D eigenvalue weighted by molar-refractivity contribution is 0.454. The Labute approximate surface area is 143 Å². The summed E-state index contributed by atoms with van der Waals surface area (Å²) in [6, 6.07) is 19.6. The molecule has 0 saturated carbocycles. The highest BCUT2D eigenvalue weighted by atomic mass is 35.5. The van der Waals surface area contributed by atoms with Gasteiger partial charge in [0.15, 0.2) is 5.65 Å². The van der Waals surface area contributed by atoms with E-state index in [0.717, 1.165) is 22.4 Å². The zero-order valence-electron chi connectivity index (χ0n) is 12.8. The smallest absolute Gasteiger partial charge is 0.246 e. The molecule has 0 aliphatic heterocycles. The van der Waals surface area contributed by atoms with E-state index in [4.69, 9.17) is 16.3 Å². The van der Waals surface area contributed by atoms with E-state index in [1.54, 1.807) is 12.1 Å². The Kier molecular flexibility index (Phi) is 3.63. The summed E-state index contributed by atoms with van der Waals surface area (Å²) in [6.45, 7) is 2.05. The van der Waals surface area contributed by atoms with Crippen molar-refractivity contribution in [2.24, 2.45) is 0 Å². The van der Waals surface area contributed by atoms with Crippen molar-refractivity contribution >= 4 is 17.2 Å². The van der Waals surface area contributed by atoms with Crippen LogP contribution in [0.3, 0.4) is 0 Å². The highest BCUT2D eigenvalue weighted by molar-refractivity contribution is 6.28. The Balaban J connectivity index is 1.77. The first kappa shape index (κ1) is 14.7. The highest BCUT2D eigenvalue weighted by Crippen LogP contribution is 2.33. The summed E-state index contributed by atoms with van der Waals surface area (Å²) in [5, 5.41) is 12.2. The summed E-state index contributed by atoms with van der Waals surface area (Å²) in [5.41, 5.74) is 3.82. The largest absolute Gasteiger partial charge is 0.437 e. The summed E-state index contributed by atoms with van der Waals surface area (Å²) in [6.07, 6.45) is 0. The van der Waals surface area contributed by atoms with E-state index in [1.807, 2.05) is 30.3 Å². The van der Waals surface area contributed by atoms with Crippen LogP contribution in [0.4, 0.5) is 0 Å². The molecule has 24 heavy (non-hydrogen) atoms. The number of hydrogen-bond donors (Lipinski definition) is 0. The van der Waals surface area contributed by atoms with Crippen LogP contribution < -0.4 is 4.74 Å². The topological polar surface area (TPSA) is 52.3 Å². The van der Waals surface area contributed by atoms with E-state index >= 15 is 0 Å². The van der Waals surface area contributed by atoms with Gasteiger partial charge in [-0.25, -0.2) is 0 Å². The first-order chi connectivity index (χ1) is 11.7. The van der Waals surface area contributed by atoms with Gasteiger partial charge in [0.05, 0.1) is 0 Å². The summed E-state index contributed by atoms with van der Waals surface area (Å²) < 4.78 is 7.44. The first-order valence-corrected chi connectivity index (χ1v) is 7.80. The summed E-state index contributed by atoms with van der Waals surface area (Å²) in [5.74, 6) is 1.15. The quantitative estimate of drug-likeness (QED) is 0.551. The standard InChI is InChI=1S/C18H13ClN4O/c1-12-7-8-15(14(11-12)13-5-3-2-4-6-13)24-17-10-9-16-20-21-18(19)23(16)22-17/h2-11H,1H3. The average Bonchev–Trinajstić information content (AvgIpc) is 2.98. The van der Waals surface area contributed by atoms with Gasteiger partial charge in [-0.05, 0) is 42.3 Å². The molecule has 2 aromatic heterocycles.